The van der Waals surface area contributed by atoms with Gasteiger partial charge in [-0.1, -0.05) is 24.3 Å². The van der Waals surface area contributed by atoms with E-state index in [4.69, 9.17) is 10.8 Å². The largest absolute Gasteiger partial charge is 0.481 e. The van der Waals surface area contributed by atoms with Crippen LogP contribution in [0.5, 0.6) is 0 Å². The minimum atomic E-state index is -0.822. The van der Waals surface area contributed by atoms with Crippen LogP contribution in [0.1, 0.15) is 22.3 Å². The molecule has 0 saturated carbocycles. The van der Waals surface area contributed by atoms with Gasteiger partial charge in [0.2, 0.25) is 0 Å². The quantitative estimate of drug-likeness (QED) is 0.701. The highest BCUT2D eigenvalue weighted by atomic mass is 16.4. The Labute approximate surface area is 87.7 Å². The van der Waals surface area contributed by atoms with Crippen molar-refractivity contribution in [1.29, 1.82) is 0 Å². The van der Waals surface area contributed by atoms with Gasteiger partial charge in [-0.05, 0) is 12.0 Å². The van der Waals surface area contributed by atoms with Gasteiger partial charge < -0.3 is 10.8 Å². The lowest BCUT2D eigenvalue weighted by atomic mass is 10.1. The molecule has 0 bridgehead atoms. The van der Waals surface area contributed by atoms with Gasteiger partial charge in [0, 0.05) is 12.0 Å². The maximum atomic E-state index is 11.2. The van der Waals surface area contributed by atoms with E-state index in [0.29, 0.717) is 12.0 Å². The third-order valence-electron chi connectivity index (χ3n) is 2.09. The predicted molar refractivity (Wildman–Crippen MR) is 55.8 cm³/mol. The maximum absolute atomic E-state index is 11.2. The van der Waals surface area contributed by atoms with Crippen LogP contribution in [0.15, 0.2) is 24.3 Å². The summed E-state index contributed by atoms with van der Waals surface area (Å²) in [6.07, 6.45) is 0.580. The lowest BCUT2D eigenvalue weighted by Crippen LogP contribution is -2.13. The lowest BCUT2D eigenvalue weighted by Gasteiger charge is -2.01. The molecule has 0 aliphatic carbocycles. The molecule has 1 rings (SSSR count). The van der Waals surface area contributed by atoms with Gasteiger partial charge in [-0.15, -0.1) is 0 Å². The number of Topliss-reactive ketones (excluding diaryl/α,β-unsaturated/α-hetero) is 1. The van der Waals surface area contributed by atoms with Crippen molar-refractivity contribution in [1.82, 2.24) is 0 Å². The molecule has 0 atom stereocenters. The number of hydrogen-bond donors (Lipinski definition) is 2. The third kappa shape index (κ3) is 3.52. The first-order valence-electron chi connectivity index (χ1n) is 4.67. The SMILES string of the molecule is NCC(=O)c1ccc(CCC(=O)O)cc1. The molecule has 0 fully saturated rings. The molecule has 0 spiro atoms. The molecule has 0 heterocycles. The van der Waals surface area contributed by atoms with Gasteiger partial charge in [0.1, 0.15) is 0 Å². The third-order valence-corrected chi connectivity index (χ3v) is 2.09. The molecule has 0 aliphatic heterocycles. The van der Waals surface area contributed by atoms with E-state index in [0.717, 1.165) is 5.56 Å². The molecule has 0 saturated heterocycles. The highest BCUT2D eigenvalue weighted by molar-refractivity contribution is 5.97. The fraction of sp³-hybridized carbons (Fsp3) is 0.273. The Morgan fingerprint density at radius 2 is 1.80 bits per heavy atom. The molecule has 1 aromatic rings. The summed E-state index contributed by atoms with van der Waals surface area (Å²) in [7, 11) is 0. The van der Waals surface area contributed by atoms with Crippen LogP contribution in [-0.4, -0.2) is 23.4 Å². The Hall–Kier alpha value is -1.68. The molecule has 80 valence electrons. The van der Waals surface area contributed by atoms with Crippen molar-refractivity contribution < 1.29 is 14.7 Å². The van der Waals surface area contributed by atoms with Crippen LogP contribution in [0.25, 0.3) is 0 Å². The number of nitrogens with two attached hydrogens (primary N) is 1. The van der Waals surface area contributed by atoms with Gasteiger partial charge in [-0.3, -0.25) is 9.59 Å². The zero-order chi connectivity index (χ0) is 11.3. The van der Waals surface area contributed by atoms with Gasteiger partial charge in [0.25, 0.3) is 0 Å². The van der Waals surface area contributed by atoms with Crippen LogP contribution in [-0.2, 0) is 11.2 Å². The Kier molecular flexibility index (Phi) is 4.00. The number of carboxylic acid groups (broad SMARTS) is 1. The van der Waals surface area contributed by atoms with E-state index in [2.05, 4.69) is 0 Å². The summed E-state index contributed by atoms with van der Waals surface area (Å²) in [4.78, 5) is 21.5. The van der Waals surface area contributed by atoms with E-state index in [9.17, 15) is 9.59 Å². The summed E-state index contributed by atoms with van der Waals surface area (Å²) in [6.45, 7) is -0.00548. The van der Waals surface area contributed by atoms with E-state index in [1.54, 1.807) is 24.3 Å². The Morgan fingerprint density at radius 1 is 1.20 bits per heavy atom. The number of aliphatic carboxylic acids is 1. The first kappa shape index (κ1) is 11.4. The second-order valence-electron chi connectivity index (χ2n) is 3.22. The van der Waals surface area contributed by atoms with Crippen LogP contribution in [0.2, 0.25) is 0 Å². The first-order chi connectivity index (χ1) is 7.13. The fourth-order valence-corrected chi connectivity index (χ4v) is 1.23. The highest BCUT2D eigenvalue weighted by Gasteiger charge is 2.03. The molecule has 3 N–H and O–H groups in total. The number of carbonyl (C=O) groups is 2. The van der Waals surface area contributed by atoms with Crippen molar-refractivity contribution in [3.63, 3.8) is 0 Å². The first-order valence-corrected chi connectivity index (χ1v) is 4.67. The standard InChI is InChI=1S/C11H13NO3/c12-7-10(13)9-4-1-8(2-5-9)3-6-11(14)15/h1-2,4-5H,3,6-7,12H2,(H,14,15). The highest BCUT2D eigenvalue weighted by Crippen LogP contribution is 2.07. The number of benzene rings is 1. The normalized spacial score (nSPS) is 9.93. The molecule has 0 unspecified atom stereocenters. The minimum absolute atomic E-state index is 0.00548. The number of carbonyl (C=O) groups excluding carboxylic acids is 1. The van der Waals surface area contributed by atoms with Crippen molar-refractivity contribution in [2.24, 2.45) is 5.73 Å². The van der Waals surface area contributed by atoms with Gasteiger partial charge in [-0.25, -0.2) is 0 Å². The number of aryl methyl sites for hydroxylation is 1. The van der Waals surface area contributed by atoms with Crippen LogP contribution >= 0.6 is 0 Å². The molecule has 1 aromatic carbocycles. The van der Waals surface area contributed by atoms with E-state index in [1.807, 2.05) is 0 Å². The number of hydrogen-bond acceptors (Lipinski definition) is 3. The van der Waals surface area contributed by atoms with Crippen LogP contribution in [0.3, 0.4) is 0 Å². The maximum Gasteiger partial charge on any atom is 0.303 e. The molecular formula is C11H13NO3. The van der Waals surface area contributed by atoms with Crippen molar-refractivity contribution in [3.05, 3.63) is 35.4 Å². The number of ketones is 1. The fourth-order valence-electron chi connectivity index (χ4n) is 1.23. The summed E-state index contributed by atoms with van der Waals surface area (Å²) < 4.78 is 0. The number of carboxylic acids is 1. The van der Waals surface area contributed by atoms with Gasteiger partial charge in [0.15, 0.2) is 5.78 Å². The van der Waals surface area contributed by atoms with E-state index >= 15 is 0 Å². The van der Waals surface area contributed by atoms with Crippen molar-refractivity contribution >= 4 is 11.8 Å². The summed E-state index contributed by atoms with van der Waals surface area (Å²) in [6, 6.07) is 6.86. The van der Waals surface area contributed by atoms with Gasteiger partial charge in [0.05, 0.1) is 6.54 Å². The predicted octanol–water partition coefficient (Wildman–Crippen LogP) is 0.845. The average Bonchev–Trinajstić information content (AvgIpc) is 2.26. The van der Waals surface area contributed by atoms with Crippen molar-refractivity contribution in [2.45, 2.75) is 12.8 Å². The summed E-state index contributed by atoms with van der Waals surface area (Å²) in [5, 5.41) is 8.49. The Bertz CT molecular complexity index is 357. The topological polar surface area (TPSA) is 80.4 Å². The number of rotatable bonds is 5. The smallest absolute Gasteiger partial charge is 0.303 e. The summed E-state index contributed by atoms with van der Waals surface area (Å²) in [5.74, 6) is -0.933. The van der Waals surface area contributed by atoms with Crippen molar-refractivity contribution in [3.8, 4) is 0 Å². The Balaban J connectivity index is 2.64. The second kappa shape index (κ2) is 5.26. The summed E-state index contributed by atoms with van der Waals surface area (Å²) in [5.41, 5.74) is 6.69. The lowest BCUT2D eigenvalue weighted by molar-refractivity contribution is -0.136. The molecule has 15 heavy (non-hydrogen) atoms. The van der Waals surface area contributed by atoms with Gasteiger partial charge in [-0.2, -0.15) is 0 Å². The molecule has 0 aliphatic rings. The zero-order valence-corrected chi connectivity index (χ0v) is 8.27. The van der Waals surface area contributed by atoms with Crippen LogP contribution in [0, 0.1) is 0 Å². The monoisotopic (exact) mass is 207 g/mol. The van der Waals surface area contributed by atoms with Gasteiger partial charge >= 0.3 is 5.97 Å². The Morgan fingerprint density at radius 3 is 2.27 bits per heavy atom. The van der Waals surface area contributed by atoms with E-state index in [1.165, 1.54) is 0 Å². The second-order valence-corrected chi connectivity index (χ2v) is 3.22. The van der Waals surface area contributed by atoms with Crippen LogP contribution < -0.4 is 5.73 Å². The molecular weight excluding hydrogens is 194 g/mol. The average molecular weight is 207 g/mol. The van der Waals surface area contributed by atoms with E-state index in [-0.39, 0.29) is 18.7 Å². The molecule has 4 heteroatoms. The van der Waals surface area contributed by atoms with Crippen LogP contribution in [0.4, 0.5) is 0 Å². The van der Waals surface area contributed by atoms with E-state index < -0.39 is 5.97 Å². The molecule has 0 radical (unpaired) electrons. The summed E-state index contributed by atoms with van der Waals surface area (Å²) >= 11 is 0. The molecule has 4 nitrogen and oxygen atoms in total. The minimum Gasteiger partial charge on any atom is -0.481 e. The molecule has 0 aromatic heterocycles. The zero-order valence-electron chi connectivity index (χ0n) is 8.27. The molecule has 0 amide bonds. The van der Waals surface area contributed by atoms with Crippen molar-refractivity contribution in [2.75, 3.05) is 6.54 Å².